The zero-order chi connectivity index (χ0) is 16.0. The van der Waals surface area contributed by atoms with Crippen molar-refractivity contribution in [2.24, 2.45) is 0 Å². The lowest BCUT2D eigenvalue weighted by Crippen LogP contribution is -2.33. The molecule has 0 atom stereocenters. The Kier molecular flexibility index (Phi) is 6.44. The van der Waals surface area contributed by atoms with E-state index in [0.29, 0.717) is 31.1 Å². The lowest BCUT2D eigenvalue weighted by Gasteiger charge is -2.17. The van der Waals surface area contributed by atoms with E-state index >= 15 is 0 Å². The number of phenols is 1. The summed E-state index contributed by atoms with van der Waals surface area (Å²) in [7, 11) is -3.22. The van der Waals surface area contributed by atoms with Crippen LogP contribution in [0.15, 0.2) is 18.2 Å². The van der Waals surface area contributed by atoms with E-state index in [4.69, 9.17) is 11.6 Å². The molecule has 0 heterocycles. The van der Waals surface area contributed by atoms with Crippen LogP contribution in [0.3, 0.4) is 0 Å². The first-order chi connectivity index (χ1) is 9.75. The number of halogens is 1. The summed E-state index contributed by atoms with van der Waals surface area (Å²) in [5, 5.41) is 12.6. The van der Waals surface area contributed by atoms with Gasteiger partial charge in [-0.15, -0.1) is 0 Å². The van der Waals surface area contributed by atoms with Crippen LogP contribution in [-0.2, 0) is 10.0 Å². The van der Waals surface area contributed by atoms with Gasteiger partial charge in [-0.05, 0) is 24.6 Å². The van der Waals surface area contributed by atoms with Crippen LogP contribution in [0.4, 0.5) is 0 Å². The number of nitrogens with zero attached hydrogens (tertiary/aromatic N) is 1. The molecule has 0 radical (unpaired) electrons. The van der Waals surface area contributed by atoms with Gasteiger partial charge in [0.2, 0.25) is 10.0 Å². The quantitative estimate of drug-likeness (QED) is 0.739. The van der Waals surface area contributed by atoms with Crippen LogP contribution in [0.1, 0.15) is 23.7 Å². The number of rotatable bonds is 7. The summed E-state index contributed by atoms with van der Waals surface area (Å²) in [6.45, 7) is 2.78. The molecule has 21 heavy (non-hydrogen) atoms. The van der Waals surface area contributed by atoms with Crippen LogP contribution in [-0.4, -0.2) is 49.6 Å². The number of amides is 1. The minimum absolute atomic E-state index is 0.0953. The standard InChI is InChI=1S/C13H19ClN2O4S/c1-3-16(21(2,19)20)8-4-7-15-13(18)11-9-10(14)5-6-12(11)17/h5-6,9,17H,3-4,7-8H2,1-2H3,(H,15,18). The van der Waals surface area contributed by atoms with Gasteiger partial charge in [0.05, 0.1) is 11.8 Å². The second kappa shape index (κ2) is 7.63. The van der Waals surface area contributed by atoms with E-state index in [0.717, 1.165) is 6.26 Å². The zero-order valence-electron chi connectivity index (χ0n) is 12.0. The molecule has 0 saturated heterocycles. The molecule has 1 aromatic carbocycles. The number of hydrogen-bond acceptors (Lipinski definition) is 4. The van der Waals surface area contributed by atoms with Crippen LogP contribution >= 0.6 is 11.6 Å². The number of carbonyl (C=O) groups excluding carboxylic acids is 1. The monoisotopic (exact) mass is 334 g/mol. The average molecular weight is 335 g/mol. The third kappa shape index (κ3) is 5.53. The number of sulfonamides is 1. The molecule has 0 aliphatic heterocycles. The highest BCUT2D eigenvalue weighted by molar-refractivity contribution is 7.88. The molecule has 2 N–H and O–H groups in total. The second-order valence-corrected chi connectivity index (χ2v) is 6.94. The lowest BCUT2D eigenvalue weighted by atomic mass is 10.2. The van der Waals surface area contributed by atoms with Gasteiger partial charge in [-0.1, -0.05) is 18.5 Å². The summed E-state index contributed by atoms with van der Waals surface area (Å²) in [6.07, 6.45) is 1.63. The largest absolute Gasteiger partial charge is 0.507 e. The van der Waals surface area contributed by atoms with Gasteiger partial charge in [0.1, 0.15) is 5.75 Å². The maximum absolute atomic E-state index is 11.9. The van der Waals surface area contributed by atoms with Crippen LogP contribution in [0.5, 0.6) is 5.75 Å². The Labute approximate surface area is 129 Å². The van der Waals surface area contributed by atoms with E-state index in [2.05, 4.69) is 5.32 Å². The van der Waals surface area contributed by atoms with Gasteiger partial charge in [-0.2, -0.15) is 0 Å². The summed E-state index contributed by atoms with van der Waals surface area (Å²) < 4.78 is 24.1. The molecule has 0 aliphatic rings. The van der Waals surface area contributed by atoms with Gasteiger partial charge in [0.25, 0.3) is 5.91 Å². The highest BCUT2D eigenvalue weighted by atomic mass is 35.5. The molecular formula is C13H19ClN2O4S. The number of benzene rings is 1. The SMILES string of the molecule is CCN(CCCNC(=O)c1cc(Cl)ccc1O)S(C)(=O)=O. The first kappa shape index (κ1) is 17.7. The third-order valence-electron chi connectivity index (χ3n) is 2.89. The fourth-order valence-electron chi connectivity index (χ4n) is 1.80. The van der Waals surface area contributed by atoms with Gasteiger partial charge >= 0.3 is 0 Å². The summed E-state index contributed by atoms with van der Waals surface area (Å²) in [5.41, 5.74) is 0.0953. The number of carbonyl (C=O) groups is 1. The molecule has 118 valence electrons. The Morgan fingerprint density at radius 3 is 2.67 bits per heavy atom. The predicted molar refractivity (Wildman–Crippen MR) is 82.2 cm³/mol. The van der Waals surface area contributed by atoms with Gasteiger partial charge in [-0.25, -0.2) is 12.7 Å². The van der Waals surface area contributed by atoms with Crippen molar-refractivity contribution in [2.45, 2.75) is 13.3 Å². The third-order valence-corrected chi connectivity index (χ3v) is 4.51. The molecule has 0 aromatic heterocycles. The average Bonchev–Trinajstić information content (AvgIpc) is 2.39. The number of nitrogens with one attached hydrogen (secondary N) is 1. The molecule has 0 spiro atoms. The van der Waals surface area contributed by atoms with Crippen molar-refractivity contribution in [3.63, 3.8) is 0 Å². The highest BCUT2D eigenvalue weighted by Gasteiger charge is 2.14. The van der Waals surface area contributed by atoms with E-state index < -0.39 is 15.9 Å². The maximum atomic E-state index is 11.9. The van der Waals surface area contributed by atoms with Crippen LogP contribution < -0.4 is 5.32 Å². The minimum atomic E-state index is -3.22. The zero-order valence-corrected chi connectivity index (χ0v) is 13.5. The first-order valence-electron chi connectivity index (χ1n) is 6.47. The first-order valence-corrected chi connectivity index (χ1v) is 8.70. The van der Waals surface area contributed by atoms with Gasteiger partial charge in [-0.3, -0.25) is 4.79 Å². The molecule has 0 bridgehead atoms. The van der Waals surface area contributed by atoms with Crippen molar-refractivity contribution in [3.8, 4) is 5.75 Å². The fraction of sp³-hybridized carbons (Fsp3) is 0.462. The molecule has 0 unspecified atom stereocenters. The molecular weight excluding hydrogens is 316 g/mol. The van der Waals surface area contributed by atoms with Gasteiger partial charge in [0.15, 0.2) is 0 Å². The Balaban J connectivity index is 2.49. The summed E-state index contributed by atoms with van der Waals surface area (Å²) in [5.74, 6) is -0.597. The number of hydrogen-bond donors (Lipinski definition) is 2. The van der Waals surface area contributed by atoms with Crippen molar-refractivity contribution in [3.05, 3.63) is 28.8 Å². The van der Waals surface area contributed by atoms with Gasteiger partial charge in [0, 0.05) is 24.7 Å². The normalized spacial score (nSPS) is 11.6. The fourth-order valence-corrected chi connectivity index (χ4v) is 2.90. The Hall–Kier alpha value is -1.31. The van der Waals surface area contributed by atoms with E-state index in [-0.39, 0.29) is 11.3 Å². The Bertz CT molecular complexity index is 604. The van der Waals surface area contributed by atoms with E-state index in [1.807, 2.05) is 0 Å². The Morgan fingerprint density at radius 2 is 2.10 bits per heavy atom. The molecule has 1 amide bonds. The highest BCUT2D eigenvalue weighted by Crippen LogP contribution is 2.21. The van der Waals surface area contributed by atoms with Crippen molar-refractivity contribution in [1.82, 2.24) is 9.62 Å². The van der Waals surface area contributed by atoms with E-state index in [9.17, 15) is 18.3 Å². The molecule has 1 rings (SSSR count). The van der Waals surface area contributed by atoms with E-state index in [1.54, 1.807) is 6.92 Å². The molecule has 0 fully saturated rings. The van der Waals surface area contributed by atoms with Crippen molar-refractivity contribution < 1.29 is 18.3 Å². The van der Waals surface area contributed by atoms with E-state index in [1.165, 1.54) is 22.5 Å². The maximum Gasteiger partial charge on any atom is 0.255 e. The predicted octanol–water partition coefficient (Wildman–Crippen LogP) is 1.45. The van der Waals surface area contributed by atoms with Crippen LogP contribution in [0.25, 0.3) is 0 Å². The van der Waals surface area contributed by atoms with Crippen molar-refractivity contribution in [2.75, 3.05) is 25.9 Å². The Morgan fingerprint density at radius 1 is 1.43 bits per heavy atom. The second-order valence-electron chi connectivity index (χ2n) is 4.53. The minimum Gasteiger partial charge on any atom is -0.507 e. The lowest BCUT2D eigenvalue weighted by molar-refractivity contribution is 0.0950. The number of aromatic hydroxyl groups is 1. The number of phenolic OH excluding ortho intramolecular Hbond substituents is 1. The molecule has 0 aliphatic carbocycles. The molecule has 8 heteroatoms. The van der Waals surface area contributed by atoms with Crippen LogP contribution in [0, 0.1) is 0 Å². The summed E-state index contributed by atoms with van der Waals surface area (Å²) in [4.78, 5) is 11.9. The van der Waals surface area contributed by atoms with Crippen molar-refractivity contribution >= 4 is 27.5 Å². The van der Waals surface area contributed by atoms with Crippen molar-refractivity contribution in [1.29, 1.82) is 0 Å². The van der Waals surface area contributed by atoms with Crippen LogP contribution in [0.2, 0.25) is 5.02 Å². The molecule has 6 nitrogen and oxygen atoms in total. The molecule has 0 saturated carbocycles. The van der Waals surface area contributed by atoms with Gasteiger partial charge < -0.3 is 10.4 Å². The summed E-state index contributed by atoms with van der Waals surface area (Å²) in [6, 6.07) is 4.21. The molecule has 1 aromatic rings. The topological polar surface area (TPSA) is 86.7 Å². The summed E-state index contributed by atoms with van der Waals surface area (Å²) >= 11 is 5.77. The smallest absolute Gasteiger partial charge is 0.255 e.